The molecule has 0 aromatic rings. The van der Waals surface area contributed by atoms with Gasteiger partial charge >= 0.3 is 12.1 Å². The second kappa shape index (κ2) is 6.13. The van der Waals surface area contributed by atoms with Crippen LogP contribution in [0.4, 0.5) is 13.6 Å². The molecule has 0 unspecified atom stereocenters. The highest BCUT2D eigenvalue weighted by molar-refractivity contribution is 5.76. The molecule has 0 aromatic carbocycles. The maximum Gasteiger partial charge on any atom is 0.410 e. The predicted octanol–water partition coefficient (Wildman–Crippen LogP) is 1.41. The van der Waals surface area contributed by atoms with Gasteiger partial charge in [0.2, 0.25) is 0 Å². The normalized spacial score (nSPS) is 25.4. The zero-order chi connectivity index (χ0) is 16.4. The van der Waals surface area contributed by atoms with Crippen molar-refractivity contribution in [1.82, 2.24) is 4.90 Å². The first-order valence-corrected chi connectivity index (χ1v) is 6.68. The van der Waals surface area contributed by atoms with Crippen molar-refractivity contribution in [1.29, 1.82) is 0 Å². The molecule has 1 amide bonds. The first kappa shape index (κ1) is 17.6. The average Bonchev–Trinajstić information content (AvgIpc) is 2.30. The molecule has 1 rings (SSSR count). The number of aliphatic hydroxyl groups is 1. The number of amides is 1. The summed E-state index contributed by atoms with van der Waals surface area (Å²) in [6, 6.07) is 0. The number of alkyl halides is 2. The van der Waals surface area contributed by atoms with Gasteiger partial charge in [-0.2, -0.15) is 0 Å². The number of likely N-dealkylation sites (tertiary alicyclic amines) is 1. The third-order valence-corrected chi connectivity index (χ3v) is 2.87. The van der Waals surface area contributed by atoms with Gasteiger partial charge in [-0.25, -0.2) is 13.6 Å². The molecular weight excluding hydrogens is 288 g/mol. The van der Waals surface area contributed by atoms with Gasteiger partial charge in [0.05, 0.1) is 13.2 Å². The van der Waals surface area contributed by atoms with Gasteiger partial charge < -0.3 is 19.5 Å². The summed E-state index contributed by atoms with van der Waals surface area (Å²) in [4.78, 5) is 24.2. The lowest BCUT2D eigenvalue weighted by Gasteiger charge is -2.40. The highest BCUT2D eigenvalue weighted by Crippen LogP contribution is 2.32. The first-order chi connectivity index (χ1) is 9.48. The molecule has 6 nitrogen and oxygen atoms in total. The predicted molar refractivity (Wildman–Crippen MR) is 68.9 cm³/mol. The molecule has 8 heteroatoms. The minimum absolute atomic E-state index is 0.0000618. The Morgan fingerprint density at radius 3 is 2.43 bits per heavy atom. The number of aliphatic hydroxyl groups excluding tert-OH is 1. The van der Waals surface area contributed by atoms with E-state index < -0.39 is 42.2 Å². The smallest absolute Gasteiger partial charge is 0.410 e. The van der Waals surface area contributed by atoms with Gasteiger partial charge in [-0.05, 0) is 27.7 Å². The summed E-state index contributed by atoms with van der Waals surface area (Å²) in [5.74, 6) is -6.06. The van der Waals surface area contributed by atoms with E-state index >= 15 is 0 Å². The van der Waals surface area contributed by atoms with E-state index in [2.05, 4.69) is 4.74 Å². The van der Waals surface area contributed by atoms with Crippen LogP contribution < -0.4 is 0 Å². The van der Waals surface area contributed by atoms with Crippen molar-refractivity contribution in [3.63, 3.8) is 0 Å². The number of hydrogen-bond acceptors (Lipinski definition) is 5. The Hall–Kier alpha value is -1.44. The minimum atomic E-state index is -3.60. The van der Waals surface area contributed by atoms with Crippen molar-refractivity contribution >= 4 is 12.1 Å². The highest BCUT2D eigenvalue weighted by Gasteiger charge is 2.53. The molecule has 0 saturated carbocycles. The number of nitrogens with zero attached hydrogens (tertiary/aromatic N) is 1. The van der Waals surface area contributed by atoms with Gasteiger partial charge in [0.1, 0.15) is 17.6 Å². The third kappa shape index (κ3) is 4.52. The van der Waals surface area contributed by atoms with E-state index in [0.717, 1.165) is 4.90 Å². The van der Waals surface area contributed by atoms with Crippen LogP contribution in [0.5, 0.6) is 0 Å². The van der Waals surface area contributed by atoms with E-state index in [9.17, 15) is 23.5 Å². The monoisotopic (exact) mass is 309 g/mol. The molecule has 122 valence electrons. The first-order valence-electron chi connectivity index (χ1n) is 6.68. The lowest BCUT2D eigenvalue weighted by Crippen LogP contribution is -2.60. The second-order valence-corrected chi connectivity index (χ2v) is 5.93. The zero-order valence-electron chi connectivity index (χ0n) is 12.6. The molecule has 0 aromatic heterocycles. The Balaban J connectivity index is 2.89. The van der Waals surface area contributed by atoms with Crippen LogP contribution in [-0.2, 0) is 14.3 Å². The molecule has 1 aliphatic rings. The Labute approximate surface area is 122 Å². The van der Waals surface area contributed by atoms with Gasteiger partial charge in [0.15, 0.2) is 0 Å². The number of rotatable bonds is 2. The topological polar surface area (TPSA) is 76.1 Å². The summed E-state index contributed by atoms with van der Waals surface area (Å²) >= 11 is 0. The van der Waals surface area contributed by atoms with E-state index in [1.54, 1.807) is 20.8 Å². The van der Waals surface area contributed by atoms with E-state index in [-0.39, 0.29) is 13.2 Å². The van der Waals surface area contributed by atoms with Crippen molar-refractivity contribution in [3.05, 3.63) is 0 Å². The number of hydrogen-bond donors (Lipinski definition) is 1. The van der Waals surface area contributed by atoms with E-state index in [0.29, 0.717) is 0 Å². The van der Waals surface area contributed by atoms with E-state index in [1.165, 1.54) is 6.92 Å². The van der Waals surface area contributed by atoms with E-state index in [4.69, 9.17) is 4.74 Å². The highest BCUT2D eigenvalue weighted by atomic mass is 19.3. The fourth-order valence-corrected chi connectivity index (χ4v) is 1.96. The molecule has 0 bridgehead atoms. The molecule has 1 N–H and O–H groups in total. The number of piperidine rings is 1. The average molecular weight is 309 g/mol. The maximum absolute atomic E-state index is 13.8. The summed E-state index contributed by atoms with van der Waals surface area (Å²) in [5.41, 5.74) is -0.845. The van der Waals surface area contributed by atoms with Crippen LogP contribution in [0.25, 0.3) is 0 Å². The van der Waals surface area contributed by atoms with Crippen LogP contribution >= 0.6 is 0 Å². The van der Waals surface area contributed by atoms with Crippen LogP contribution in [-0.4, -0.2) is 59.4 Å². The van der Waals surface area contributed by atoms with Crippen molar-refractivity contribution in [2.24, 2.45) is 5.92 Å². The Kier molecular flexibility index (Phi) is 5.14. The summed E-state index contributed by atoms with van der Waals surface area (Å²) in [5, 5.41) is 9.60. The van der Waals surface area contributed by atoms with Gasteiger partial charge in [-0.1, -0.05) is 0 Å². The van der Waals surface area contributed by atoms with Crippen LogP contribution in [0.2, 0.25) is 0 Å². The molecule has 1 fully saturated rings. The fraction of sp³-hybridized carbons (Fsp3) is 0.846. The van der Waals surface area contributed by atoms with Crippen molar-refractivity contribution in [2.75, 3.05) is 19.7 Å². The molecule has 0 spiro atoms. The number of carbonyl (C=O) groups excluding carboxylic acids is 2. The second-order valence-electron chi connectivity index (χ2n) is 5.93. The Morgan fingerprint density at radius 2 is 1.95 bits per heavy atom. The van der Waals surface area contributed by atoms with Gasteiger partial charge in [0.25, 0.3) is 5.92 Å². The van der Waals surface area contributed by atoms with E-state index in [1.807, 2.05) is 0 Å². The molecule has 1 heterocycles. The number of esters is 1. The lowest BCUT2D eigenvalue weighted by atomic mass is 9.92. The minimum Gasteiger partial charge on any atom is -0.466 e. The van der Waals surface area contributed by atoms with Crippen LogP contribution in [0.3, 0.4) is 0 Å². The Morgan fingerprint density at radius 1 is 1.38 bits per heavy atom. The van der Waals surface area contributed by atoms with Crippen LogP contribution in [0, 0.1) is 5.92 Å². The molecule has 0 aliphatic carbocycles. The van der Waals surface area contributed by atoms with Crippen molar-refractivity contribution in [3.8, 4) is 0 Å². The summed E-state index contributed by atoms with van der Waals surface area (Å²) in [6.45, 7) is 4.96. The third-order valence-electron chi connectivity index (χ3n) is 2.87. The van der Waals surface area contributed by atoms with Crippen LogP contribution in [0.1, 0.15) is 27.7 Å². The molecule has 0 radical (unpaired) electrons. The molecule has 1 saturated heterocycles. The summed E-state index contributed by atoms with van der Waals surface area (Å²) in [7, 11) is 0. The zero-order valence-corrected chi connectivity index (χ0v) is 12.6. The largest absolute Gasteiger partial charge is 0.466 e. The number of ether oxygens (including phenoxy) is 2. The lowest BCUT2D eigenvalue weighted by molar-refractivity contribution is -0.190. The SMILES string of the molecule is CCOC(=O)[C@H]1CN(C(=O)OC(C)(C)C)CC(F)(F)[C@@H]1O. The Bertz CT molecular complexity index is 408. The molecular formula is C13H21F2NO5. The van der Waals surface area contributed by atoms with Crippen LogP contribution in [0.15, 0.2) is 0 Å². The number of carbonyl (C=O) groups is 2. The molecule has 21 heavy (non-hydrogen) atoms. The van der Waals surface area contributed by atoms with Gasteiger partial charge in [-0.3, -0.25) is 4.79 Å². The van der Waals surface area contributed by atoms with Gasteiger partial charge in [-0.15, -0.1) is 0 Å². The van der Waals surface area contributed by atoms with Gasteiger partial charge in [0, 0.05) is 6.54 Å². The fourth-order valence-electron chi connectivity index (χ4n) is 1.96. The summed E-state index contributed by atoms with van der Waals surface area (Å²) in [6.07, 6.45) is -3.14. The molecule has 2 atom stereocenters. The standard InChI is InChI=1S/C13H21F2NO5/c1-5-20-10(18)8-6-16(7-13(14,15)9(8)17)11(19)21-12(2,3)4/h8-9,17H,5-7H2,1-4H3/t8-,9+/m0/s1. The van der Waals surface area contributed by atoms with Crippen molar-refractivity contribution in [2.45, 2.75) is 45.3 Å². The summed E-state index contributed by atoms with van der Waals surface area (Å²) < 4.78 is 37.2. The number of halogens is 2. The quantitative estimate of drug-likeness (QED) is 0.781. The van der Waals surface area contributed by atoms with Crippen molar-refractivity contribution < 1.29 is 33.0 Å². The molecule has 1 aliphatic heterocycles. The maximum atomic E-state index is 13.8.